The number of carboxylic acid groups (broad SMARTS) is 1. The largest absolute Gasteiger partial charge is 0.478 e. The molecule has 116 valence electrons. The molecule has 0 aliphatic carbocycles. The number of nitrogens with one attached hydrogen (secondary N) is 1. The van der Waals surface area contributed by atoms with E-state index in [-0.39, 0.29) is 12.4 Å². The van der Waals surface area contributed by atoms with Crippen molar-refractivity contribution in [2.24, 2.45) is 5.10 Å². The van der Waals surface area contributed by atoms with Crippen LogP contribution in [-0.2, 0) is 0 Å². The monoisotopic (exact) mass is 312 g/mol. The summed E-state index contributed by atoms with van der Waals surface area (Å²) < 4.78 is 10.4. The molecule has 7 nitrogen and oxygen atoms in total. The van der Waals surface area contributed by atoms with E-state index in [9.17, 15) is 9.59 Å². The molecule has 0 spiro atoms. The van der Waals surface area contributed by atoms with Crippen LogP contribution in [0.15, 0.2) is 47.6 Å². The molecule has 0 bridgehead atoms. The van der Waals surface area contributed by atoms with Crippen LogP contribution in [0.1, 0.15) is 26.3 Å². The fourth-order valence-electron chi connectivity index (χ4n) is 2.07. The summed E-state index contributed by atoms with van der Waals surface area (Å²) in [6.07, 6.45) is 1.29. The van der Waals surface area contributed by atoms with Gasteiger partial charge in [0.15, 0.2) is 11.5 Å². The highest BCUT2D eigenvalue weighted by molar-refractivity contribution is 5.99. The molecular weight excluding hydrogens is 300 g/mol. The first-order chi connectivity index (χ1) is 11.1. The zero-order valence-electron chi connectivity index (χ0n) is 11.9. The lowest BCUT2D eigenvalue weighted by molar-refractivity contribution is 0.0696. The van der Waals surface area contributed by atoms with Crippen molar-refractivity contribution >= 4 is 18.1 Å². The highest BCUT2D eigenvalue weighted by atomic mass is 16.7. The van der Waals surface area contributed by atoms with Gasteiger partial charge < -0.3 is 14.6 Å². The Morgan fingerprint density at radius 2 is 1.91 bits per heavy atom. The van der Waals surface area contributed by atoms with E-state index in [1.807, 2.05) is 0 Å². The molecule has 0 saturated carbocycles. The van der Waals surface area contributed by atoms with Gasteiger partial charge >= 0.3 is 5.97 Å². The Hall–Kier alpha value is -3.35. The van der Waals surface area contributed by atoms with Crippen molar-refractivity contribution < 1.29 is 24.2 Å². The number of fused-ring (bicyclic) bond motifs is 1. The fourth-order valence-corrected chi connectivity index (χ4v) is 2.07. The minimum atomic E-state index is -1.06. The summed E-state index contributed by atoms with van der Waals surface area (Å²) in [5.41, 5.74) is 3.20. The number of carbonyl (C=O) groups excluding carboxylic acids is 1. The van der Waals surface area contributed by atoms with E-state index in [1.165, 1.54) is 12.3 Å². The number of carbonyl (C=O) groups is 2. The van der Waals surface area contributed by atoms with E-state index in [1.54, 1.807) is 36.4 Å². The van der Waals surface area contributed by atoms with Crippen LogP contribution >= 0.6 is 0 Å². The molecule has 0 fully saturated rings. The van der Waals surface area contributed by atoms with Gasteiger partial charge in [0.05, 0.1) is 11.8 Å². The number of aromatic carboxylic acids is 1. The van der Waals surface area contributed by atoms with Crippen molar-refractivity contribution in [3.8, 4) is 11.5 Å². The number of nitrogens with zero attached hydrogens (tertiary/aromatic N) is 1. The van der Waals surface area contributed by atoms with E-state index >= 15 is 0 Å². The van der Waals surface area contributed by atoms with Gasteiger partial charge in [-0.25, -0.2) is 10.2 Å². The summed E-state index contributed by atoms with van der Waals surface area (Å²) in [5.74, 6) is -0.417. The maximum Gasteiger partial charge on any atom is 0.336 e. The van der Waals surface area contributed by atoms with Gasteiger partial charge in [-0.2, -0.15) is 5.10 Å². The Morgan fingerprint density at radius 1 is 1.13 bits per heavy atom. The summed E-state index contributed by atoms with van der Waals surface area (Å²) in [4.78, 5) is 23.1. The van der Waals surface area contributed by atoms with Crippen LogP contribution in [0.25, 0.3) is 0 Å². The number of amides is 1. The molecule has 0 radical (unpaired) electrons. The lowest BCUT2D eigenvalue weighted by atomic mass is 10.1. The quantitative estimate of drug-likeness (QED) is 0.663. The minimum Gasteiger partial charge on any atom is -0.478 e. The van der Waals surface area contributed by atoms with E-state index in [0.29, 0.717) is 22.6 Å². The summed E-state index contributed by atoms with van der Waals surface area (Å²) in [5, 5.41) is 12.9. The number of rotatable bonds is 4. The molecule has 0 saturated heterocycles. The number of carboxylic acids is 1. The second-order valence-corrected chi connectivity index (χ2v) is 4.66. The average molecular weight is 312 g/mol. The number of hydrazone groups is 1. The van der Waals surface area contributed by atoms with Crippen molar-refractivity contribution in [3.05, 3.63) is 59.2 Å². The maximum atomic E-state index is 12.0. The third kappa shape index (κ3) is 3.13. The van der Waals surface area contributed by atoms with Crippen LogP contribution in [-0.4, -0.2) is 30.0 Å². The maximum absolute atomic E-state index is 12.0. The van der Waals surface area contributed by atoms with E-state index in [2.05, 4.69) is 10.5 Å². The van der Waals surface area contributed by atoms with Gasteiger partial charge in [-0.05, 0) is 24.3 Å². The Labute approximate surface area is 131 Å². The molecule has 2 aromatic rings. The smallest absolute Gasteiger partial charge is 0.336 e. The van der Waals surface area contributed by atoms with Crippen LogP contribution in [0.2, 0.25) is 0 Å². The first kappa shape index (κ1) is 14.6. The molecule has 23 heavy (non-hydrogen) atoms. The van der Waals surface area contributed by atoms with Gasteiger partial charge in [0, 0.05) is 11.1 Å². The standard InChI is InChI=1S/C16H12N2O5/c19-15(10-5-6-13-14(7-10)23-9-22-13)18-17-8-11-3-1-2-4-12(11)16(20)21/h1-8H,9H2,(H,18,19)(H,20,21). The average Bonchev–Trinajstić information content (AvgIpc) is 3.02. The van der Waals surface area contributed by atoms with Crippen molar-refractivity contribution in [1.29, 1.82) is 0 Å². The topological polar surface area (TPSA) is 97.2 Å². The van der Waals surface area contributed by atoms with Gasteiger partial charge in [-0.15, -0.1) is 0 Å². The Morgan fingerprint density at radius 3 is 2.74 bits per heavy atom. The number of hydrogen-bond acceptors (Lipinski definition) is 5. The van der Waals surface area contributed by atoms with Gasteiger partial charge in [-0.1, -0.05) is 18.2 Å². The molecule has 0 unspecified atom stereocenters. The molecule has 7 heteroatoms. The van der Waals surface area contributed by atoms with Crippen LogP contribution in [0.4, 0.5) is 0 Å². The van der Waals surface area contributed by atoms with Crippen molar-refractivity contribution in [2.45, 2.75) is 0 Å². The second kappa shape index (κ2) is 6.18. The molecule has 3 rings (SSSR count). The van der Waals surface area contributed by atoms with E-state index in [4.69, 9.17) is 14.6 Å². The first-order valence-electron chi connectivity index (χ1n) is 6.70. The van der Waals surface area contributed by atoms with Gasteiger partial charge in [0.1, 0.15) is 0 Å². The Kier molecular flexibility index (Phi) is 3.92. The summed E-state index contributed by atoms with van der Waals surface area (Å²) in [6.45, 7) is 0.129. The lowest BCUT2D eigenvalue weighted by Gasteiger charge is -2.02. The molecule has 0 aromatic heterocycles. The van der Waals surface area contributed by atoms with Gasteiger partial charge in [-0.3, -0.25) is 4.79 Å². The van der Waals surface area contributed by atoms with Gasteiger partial charge in [0.25, 0.3) is 5.91 Å². The predicted octanol–water partition coefficient (Wildman–Crippen LogP) is 1.88. The third-order valence-electron chi connectivity index (χ3n) is 3.20. The Balaban J connectivity index is 1.71. The van der Waals surface area contributed by atoms with Crippen LogP contribution in [0.3, 0.4) is 0 Å². The molecule has 2 N–H and O–H groups in total. The SMILES string of the molecule is O=C(NN=Cc1ccccc1C(=O)O)c1ccc2c(c1)OCO2. The Bertz CT molecular complexity index is 801. The van der Waals surface area contributed by atoms with Crippen molar-refractivity contribution in [2.75, 3.05) is 6.79 Å². The summed E-state index contributed by atoms with van der Waals surface area (Å²) in [6, 6.07) is 11.1. The van der Waals surface area contributed by atoms with E-state index < -0.39 is 11.9 Å². The zero-order chi connectivity index (χ0) is 16.2. The third-order valence-corrected chi connectivity index (χ3v) is 3.20. The predicted molar refractivity (Wildman–Crippen MR) is 81.0 cm³/mol. The molecule has 0 atom stereocenters. The molecule has 1 aliphatic rings. The fraction of sp³-hybridized carbons (Fsp3) is 0.0625. The van der Waals surface area contributed by atoms with Crippen molar-refractivity contribution in [1.82, 2.24) is 5.43 Å². The molecular formula is C16H12N2O5. The minimum absolute atomic E-state index is 0.105. The lowest BCUT2D eigenvalue weighted by Crippen LogP contribution is -2.17. The summed E-state index contributed by atoms with van der Waals surface area (Å²) >= 11 is 0. The van der Waals surface area contributed by atoms with Crippen molar-refractivity contribution in [3.63, 3.8) is 0 Å². The highest BCUT2D eigenvalue weighted by Crippen LogP contribution is 2.32. The number of benzene rings is 2. The number of ether oxygens (including phenoxy) is 2. The van der Waals surface area contributed by atoms with Crippen LogP contribution < -0.4 is 14.9 Å². The van der Waals surface area contributed by atoms with E-state index in [0.717, 1.165) is 0 Å². The summed E-state index contributed by atoms with van der Waals surface area (Å²) in [7, 11) is 0. The number of hydrogen-bond donors (Lipinski definition) is 2. The normalized spacial score (nSPS) is 12.3. The molecule has 2 aromatic carbocycles. The zero-order valence-corrected chi connectivity index (χ0v) is 11.9. The molecule has 1 heterocycles. The highest BCUT2D eigenvalue weighted by Gasteiger charge is 2.16. The van der Waals surface area contributed by atoms with Crippen LogP contribution in [0, 0.1) is 0 Å². The second-order valence-electron chi connectivity index (χ2n) is 4.66. The van der Waals surface area contributed by atoms with Gasteiger partial charge in [0.2, 0.25) is 6.79 Å². The first-order valence-corrected chi connectivity index (χ1v) is 6.70. The molecule has 1 amide bonds. The van der Waals surface area contributed by atoms with Crippen LogP contribution in [0.5, 0.6) is 11.5 Å². The molecule has 1 aliphatic heterocycles.